The quantitative estimate of drug-likeness (QED) is 0.684. The van der Waals surface area contributed by atoms with Crippen LogP contribution in [0.4, 0.5) is 13.2 Å². The van der Waals surface area contributed by atoms with Gasteiger partial charge in [0, 0.05) is 12.5 Å². The lowest BCUT2D eigenvalue weighted by Crippen LogP contribution is -2.41. The summed E-state index contributed by atoms with van der Waals surface area (Å²) in [6.07, 6.45) is -2.26. The van der Waals surface area contributed by atoms with Crippen LogP contribution in [0.25, 0.3) is 0 Å². The number of halogens is 3. The van der Waals surface area contributed by atoms with E-state index in [9.17, 15) is 13.2 Å². The largest absolute Gasteiger partial charge is 0.490 e. The van der Waals surface area contributed by atoms with E-state index in [1.807, 2.05) is 6.92 Å². The van der Waals surface area contributed by atoms with Crippen LogP contribution in [-0.4, -0.2) is 41.8 Å². The first-order chi connectivity index (χ1) is 12.5. The minimum atomic E-state index is -5.08. The highest BCUT2D eigenvalue weighted by atomic mass is 28.4. The lowest BCUT2D eigenvalue weighted by molar-refractivity contribution is -0.192. The van der Waals surface area contributed by atoms with Gasteiger partial charge in [-0.1, -0.05) is 20.8 Å². The Morgan fingerprint density at radius 2 is 1.82 bits per heavy atom. The fraction of sp³-hybridized carbons (Fsp3) is 0.824. The SMILES string of the molecule is CC(O[Si](C)(C)C(C)(C)C)c1nnc(CC2CC(N)C2)o1.O=C(O)C(F)(F)F. The number of nitrogens with zero attached hydrogens (tertiary/aromatic N) is 2. The van der Waals surface area contributed by atoms with Gasteiger partial charge in [0.1, 0.15) is 6.10 Å². The van der Waals surface area contributed by atoms with Crippen LogP contribution < -0.4 is 5.73 Å². The number of carbonyl (C=O) groups is 1. The zero-order chi connectivity index (χ0) is 21.9. The van der Waals surface area contributed by atoms with E-state index in [0.717, 1.165) is 19.3 Å². The Morgan fingerprint density at radius 3 is 2.21 bits per heavy atom. The maximum Gasteiger partial charge on any atom is 0.490 e. The van der Waals surface area contributed by atoms with Crippen LogP contribution in [0, 0.1) is 5.92 Å². The Bertz CT molecular complexity index is 653. The number of aromatic nitrogens is 2. The molecule has 1 unspecified atom stereocenters. The molecule has 1 fully saturated rings. The Hall–Kier alpha value is -1.46. The summed E-state index contributed by atoms with van der Waals surface area (Å²) in [7, 11) is -1.82. The Morgan fingerprint density at radius 1 is 1.32 bits per heavy atom. The van der Waals surface area contributed by atoms with E-state index >= 15 is 0 Å². The summed E-state index contributed by atoms with van der Waals surface area (Å²) in [6, 6.07) is 0.359. The van der Waals surface area contributed by atoms with Gasteiger partial charge in [0.15, 0.2) is 8.32 Å². The van der Waals surface area contributed by atoms with E-state index in [0.29, 0.717) is 23.7 Å². The molecule has 28 heavy (non-hydrogen) atoms. The first-order valence-corrected chi connectivity index (χ1v) is 12.0. The van der Waals surface area contributed by atoms with Crippen molar-refractivity contribution in [1.82, 2.24) is 10.2 Å². The predicted octanol–water partition coefficient (Wildman–Crippen LogP) is 4.07. The molecule has 2 rings (SSSR count). The summed E-state index contributed by atoms with van der Waals surface area (Å²) in [5.74, 6) is -0.844. The van der Waals surface area contributed by atoms with Gasteiger partial charge in [-0.25, -0.2) is 4.79 Å². The van der Waals surface area contributed by atoms with Crippen molar-refractivity contribution >= 4 is 14.3 Å². The number of rotatable bonds is 5. The molecule has 0 aromatic carbocycles. The number of carboxylic acids is 1. The molecular weight excluding hydrogens is 395 g/mol. The minimum Gasteiger partial charge on any atom is -0.475 e. The van der Waals surface area contributed by atoms with Gasteiger partial charge in [-0.05, 0) is 43.8 Å². The fourth-order valence-electron chi connectivity index (χ4n) is 2.38. The van der Waals surface area contributed by atoms with Crippen molar-refractivity contribution in [2.75, 3.05) is 0 Å². The van der Waals surface area contributed by atoms with Crippen LogP contribution in [0.3, 0.4) is 0 Å². The number of alkyl halides is 3. The first-order valence-electron chi connectivity index (χ1n) is 9.08. The highest BCUT2D eigenvalue weighted by Crippen LogP contribution is 2.39. The van der Waals surface area contributed by atoms with Crippen LogP contribution >= 0.6 is 0 Å². The third kappa shape index (κ3) is 7.17. The second kappa shape index (κ2) is 8.91. The lowest BCUT2D eigenvalue weighted by atomic mass is 9.79. The molecule has 1 heterocycles. The van der Waals surface area contributed by atoms with Crippen LogP contribution in [0.1, 0.15) is 58.4 Å². The molecule has 3 N–H and O–H groups in total. The van der Waals surface area contributed by atoms with Crippen LogP contribution in [0.2, 0.25) is 18.1 Å². The molecule has 162 valence electrons. The third-order valence-corrected chi connectivity index (χ3v) is 9.64. The van der Waals surface area contributed by atoms with Crippen molar-refractivity contribution in [3.05, 3.63) is 11.8 Å². The van der Waals surface area contributed by atoms with E-state index in [2.05, 4.69) is 44.1 Å². The van der Waals surface area contributed by atoms with Crippen molar-refractivity contribution in [3.8, 4) is 0 Å². The maximum absolute atomic E-state index is 10.6. The smallest absolute Gasteiger partial charge is 0.475 e. The number of hydrogen-bond acceptors (Lipinski definition) is 6. The molecule has 0 aliphatic heterocycles. The molecule has 1 aromatic heterocycles. The third-order valence-electron chi connectivity index (χ3n) is 5.09. The second-order valence-corrected chi connectivity index (χ2v) is 13.4. The molecule has 1 atom stereocenters. The number of carboxylic acid groups (broad SMARTS) is 1. The number of aliphatic carboxylic acids is 1. The Labute approximate surface area is 164 Å². The van der Waals surface area contributed by atoms with E-state index < -0.39 is 20.5 Å². The van der Waals surface area contributed by atoms with Crippen LogP contribution in [0.15, 0.2) is 4.42 Å². The van der Waals surface area contributed by atoms with Gasteiger partial charge in [0.05, 0.1) is 0 Å². The molecule has 1 aliphatic carbocycles. The molecule has 0 spiro atoms. The van der Waals surface area contributed by atoms with E-state index in [1.165, 1.54) is 0 Å². The van der Waals surface area contributed by atoms with Crippen molar-refractivity contribution < 1.29 is 31.9 Å². The van der Waals surface area contributed by atoms with Crippen LogP contribution in [-0.2, 0) is 15.6 Å². The van der Waals surface area contributed by atoms with Gasteiger partial charge in [0.25, 0.3) is 0 Å². The second-order valence-electron chi connectivity index (χ2n) is 8.66. The summed E-state index contributed by atoms with van der Waals surface area (Å²) in [4.78, 5) is 8.90. The van der Waals surface area contributed by atoms with E-state index in [1.54, 1.807) is 0 Å². The highest BCUT2D eigenvalue weighted by molar-refractivity contribution is 6.74. The topological polar surface area (TPSA) is 111 Å². The van der Waals surface area contributed by atoms with Gasteiger partial charge in [-0.2, -0.15) is 13.2 Å². The normalized spacial score (nSPS) is 21.4. The van der Waals surface area contributed by atoms with E-state index in [4.69, 9.17) is 24.5 Å². The standard InChI is InChI=1S/C15H29N3O2Si.C2HF3O2/c1-10(20-21(5,6)15(2,3)4)14-18-17-13(19-14)9-11-7-12(16)8-11;3-2(4,5)1(6)7/h10-12H,7-9,16H2,1-6H3;(H,6,7). The van der Waals surface area contributed by atoms with E-state index in [-0.39, 0.29) is 11.1 Å². The minimum absolute atomic E-state index is 0.143. The zero-order valence-corrected chi connectivity index (χ0v) is 18.1. The Balaban J connectivity index is 0.000000480. The molecule has 1 saturated carbocycles. The van der Waals surface area contributed by atoms with Gasteiger partial charge in [0.2, 0.25) is 11.8 Å². The predicted molar refractivity (Wildman–Crippen MR) is 99.1 cm³/mol. The van der Waals surface area contributed by atoms with Gasteiger partial charge in [-0.3, -0.25) is 0 Å². The Kier molecular flexibility index (Phi) is 7.82. The molecule has 0 bridgehead atoms. The summed E-state index contributed by atoms with van der Waals surface area (Å²) < 4.78 is 43.8. The molecular formula is C17H30F3N3O4Si. The molecule has 11 heteroatoms. The van der Waals surface area contributed by atoms with Crippen molar-refractivity contribution in [2.24, 2.45) is 11.7 Å². The average molecular weight is 426 g/mol. The average Bonchev–Trinajstić information content (AvgIpc) is 2.92. The summed E-state index contributed by atoms with van der Waals surface area (Å²) in [5, 5.41) is 15.6. The van der Waals surface area contributed by atoms with Crippen molar-refractivity contribution in [2.45, 2.75) is 83.4 Å². The summed E-state index contributed by atoms with van der Waals surface area (Å²) >= 11 is 0. The number of nitrogens with two attached hydrogens (primary N) is 1. The molecule has 1 aromatic rings. The van der Waals surface area contributed by atoms with Gasteiger partial charge in [-0.15, -0.1) is 10.2 Å². The molecule has 0 radical (unpaired) electrons. The molecule has 7 nitrogen and oxygen atoms in total. The van der Waals surface area contributed by atoms with Crippen molar-refractivity contribution in [1.29, 1.82) is 0 Å². The van der Waals surface area contributed by atoms with Crippen molar-refractivity contribution in [3.63, 3.8) is 0 Å². The summed E-state index contributed by atoms with van der Waals surface area (Å²) in [5.41, 5.74) is 5.80. The van der Waals surface area contributed by atoms with Crippen LogP contribution in [0.5, 0.6) is 0 Å². The van der Waals surface area contributed by atoms with Gasteiger partial charge >= 0.3 is 12.1 Å². The molecule has 1 aliphatic rings. The zero-order valence-electron chi connectivity index (χ0n) is 17.1. The molecule has 0 saturated heterocycles. The fourth-order valence-corrected chi connectivity index (χ4v) is 3.72. The summed E-state index contributed by atoms with van der Waals surface area (Å²) in [6.45, 7) is 13.1. The maximum atomic E-state index is 10.6. The highest BCUT2D eigenvalue weighted by Gasteiger charge is 2.40. The lowest BCUT2D eigenvalue weighted by Gasteiger charge is -2.37. The number of hydrogen-bond donors (Lipinski definition) is 2. The molecule has 0 amide bonds. The first kappa shape index (κ1) is 24.6. The monoisotopic (exact) mass is 425 g/mol. The van der Waals surface area contributed by atoms with Gasteiger partial charge < -0.3 is 19.7 Å².